The van der Waals surface area contributed by atoms with Crippen LogP contribution < -0.4 is 16.0 Å². The Balaban J connectivity index is 2.03. The Hall–Kier alpha value is -0.810. The molecule has 0 radical (unpaired) electrons. The second-order valence-corrected chi connectivity index (χ2v) is 3.33. The Kier molecular flexibility index (Phi) is 5.32. The fraction of sp³-hybridized carbons (Fsp3) is 0.889. The van der Waals surface area contributed by atoms with Gasteiger partial charge in [0.1, 0.15) is 0 Å². The Morgan fingerprint density at radius 3 is 3.07 bits per heavy atom. The second kappa shape index (κ2) is 6.62. The molecular weight excluding hydrogens is 182 g/mol. The summed E-state index contributed by atoms with van der Waals surface area (Å²) in [7, 11) is 0. The third-order valence-corrected chi connectivity index (χ3v) is 2.03. The second-order valence-electron chi connectivity index (χ2n) is 3.33. The van der Waals surface area contributed by atoms with Gasteiger partial charge in [-0.15, -0.1) is 0 Å². The van der Waals surface area contributed by atoms with Gasteiger partial charge >= 0.3 is 6.03 Å². The lowest BCUT2D eigenvalue weighted by Crippen LogP contribution is -2.47. The first-order valence-corrected chi connectivity index (χ1v) is 5.17. The highest BCUT2D eigenvalue weighted by Gasteiger charge is 2.13. The average Bonchev–Trinajstić information content (AvgIpc) is 2.25. The monoisotopic (exact) mass is 201 g/mol. The van der Waals surface area contributed by atoms with Crippen LogP contribution in [0.3, 0.4) is 0 Å². The number of carbonyl (C=O) groups is 1. The molecule has 5 heteroatoms. The number of amides is 2. The largest absolute Gasteiger partial charge is 0.374 e. The molecule has 82 valence electrons. The van der Waals surface area contributed by atoms with Gasteiger partial charge in [0.2, 0.25) is 0 Å². The lowest BCUT2D eigenvalue weighted by molar-refractivity contribution is 0.0307. The normalized spacial score (nSPS) is 21.6. The molecule has 1 fully saturated rings. The molecular formula is C9H19N3O2. The molecule has 14 heavy (non-hydrogen) atoms. The van der Waals surface area contributed by atoms with Gasteiger partial charge in [-0.2, -0.15) is 0 Å². The van der Waals surface area contributed by atoms with E-state index in [0.717, 1.165) is 32.7 Å². The van der Waals surface area contributed by atoms with Crippen LogP contribution in [0.4, 0.5) is 4.79 Å². The average molecular weight is 201 g/mol. The highest BCUT2D eigenvalue weighted by molar-refractivity contribution is 5.73. The van der Waals surface area contributed by atoms with Crippen molar-refractivity contribution in [3.05, 3.63) is 0 Å². The van der Waals surface area contributed by atoms with Crippen molar-refractivity contribution in [2.45, 2.75) is 19.4 Å². The minimum absolute atomic E-state index is 0.108. The minimum Gasteiger partial charge on any atom is -0.374 e. The maximum Gasteiger partial charge on any atom is 0.314 e. The molecule has 1 aliphatic rings. The highest BCUT2D eigenvalue weighted by atomic mass is 16.5. The quantitative estimate of drug-likeness (QED) is 0.584. The van der Waals surface area contributed by atoms with Crippen LogP contribution in [0.1, 0.15) is 13.3 Å². The maximum absolute atomic E-state index is 11.1. The zero-order valence-corrected chi connectivity index (χ0v) is 8.64. The molecule has 5 nitrogen and oxygen atoms in total. The van der Waals surface area contributed by atoms with Gasteiger partial charge in [-0.1, -0.05) is 6.92 Å². The van der Waals surface area contributed by atoms with E-state index in [4.69, 9.17) is 4.74 Å². The number of carbonyl (C=O) groups excluding carboxylic acids is 1. The predicted molar refractivity (Wildman–Crippen MR) is 54.3 cm³/mol. The van der Waals surface area contributed by atoms with Crippen LogP contribution >= 0.6 is 0 Å². The van der Waals surface area contributed by atoms with Crippen LogP contribution in [0, 0.1) is 0 Å². The smallest absolute Gasteiger partial charge is 0.314 e. The first-order chi connectivity index (χ1) is 6.83. The molecule has 0 aromatic carbocycles. The minimum atomic E-state index is -0.110. The lowest BCUT2D eigenvalue weighted by atomic mass is 10.3. The Bertz CT molecular complexity index is 169. The van der Waals surface area contributed by atoms with E-state index in [1.54, 1.807) is 0 Å². The van der Waals surface area contributed by atoms with Crippen molar-refractivity contribution in [1.82, 2.24) is 16.0 Å². The van der Waals surface area contributed by atoms with E-state index in [0.29, 0.717) is 6.54 Å². The van der Waals surface area contributed by atoms with Crippen molar-refractivity contribution in [1.29, 1.82) is 0 Å². The molecule has 0 spiro atoms. The Morgan fingerprint density at radius 1 is 1.57 bits per heavy atom. The summed E-state index contributed by atoms with van der Waals surface area (Å²) < 4.78 is 5.43. The molecule has 0 aliphatic carbocycles. The third-order valence-electron chi connectivity index (χ3n) is 2.03. The van der Waals surface area contributed by atoms with E-state index >= 15 is 0 Å². The van der Waals surface area contributed by atoms with Gasteiger partial charge < -0.3 is 20.7 Å². The van der Waals surface area contributed by atoms with Crippen molar-refractivity contribution in [3.63, 3.8) is 0 Å². The summed E-state index contributed by atoms with van der Waals surface area (Å²) in [5, 5.41) is 8.72. The summed E-state index contributed by atoms with van der Waals surface area (Å²) in [6.45, 7) is 5.75. The number of nitrogens with one attached hydrogen (secondary N) is 3. The molecule has 0 saturated carbocycles. The fourth-order valence-electron chi connectivity index (χ4n) is 1.26. The van der Waals surface area contributed by atoms with Crippen molar-refractivity contribution in [3.8, 4) is 0 Å². The van der Waals surface area contributed by atoms with Gasteiger partial charge in [0.15, 0.2) is 0 Å². The van der Waals surface area contributed by atoms with E-state index in [1.165, 1.54) is 0 Å². The Labute approximate surface area is 84.6 Å². The molecule has 1 rings (SSSR count). The predicted octanol–water partition coefficient (Wildman–Crippen LogP) is -0.316. The number of urea groups is 1. The van der Waals surface area contributed by atoms with Gasteiger partial charge in [0.25, 0.3) is 0 Å². The standard InChI is InChI=1S/C9H19N3O2/c1-2-3-11-9(13)12-7-8-6-10-4-5-14-8/h8,10H,2-7H2,1H3,(H2,11,12,13). The summed E-state index contributed by atoms with van der Waals surface area (Å²) >= 11 is 0. The van der Waals surface area contributed by atoms with Gasteiger partial charge in [-0.3, -0.25) is 0 Å². The molecule has 0 aromatic rings. The number of rotatable bonds is 4. The molecule has 2 amide bonds. The summed E-state index contributed by atoms with van der Waals surface area (Å²) in [5.74, 6) is 0. The molecule has 1 unspecified atom stereocenters. The topological polar surface area (TPSA) is 62.4 Å². The van der Waals surface area contributed by atoms with Crippen molar-refractivity contribution in [2.24, 2.45) is 0 Å². The third kappa shape index (κ3) is 4.43. The molecule has 1 heterocycles. The van der Waals surface area contributed by atoms with Crippen molar-refractivity contribution in [2.75, 3.05) is 32.8 Å². The molecule has 1 saturated heterocycles. The van der Waals surface area contributed by atoms with E-state index in [1.807, 2.05) is 6.92 Å². The lowest BCUT2D eigenvalue weighted by Gasteiger charge is -2.23. The first kappa shape index (κ1) is 11.3. The Morgan fingerprint density at radius 2 is 2.43 bits per heavy atom. The summed E-state index contributed by atoms with van der Waals surface area (Å²) in [6, 6.07) is -0.110. The number of hydrogen-bond acceptors (Lipinski definition) is 3. The van der Waals surface area contributed by atoms with Crippen LogP contribution in [0.2, 0.25) is 0 Å². The van der Waals surface area contributed by atoms with Crippen LogP contribution in [0.5, 0.6) is 0 Å². The van der Waals surface area contributed by atoms with Gasteiger partial charge in [-0.05, 0) is 6.42 Å². The van der Waals surface area contributed by atoms with E-state index in [2.05, 4.69) is 16.0 Å². The van der Waals surface area contributed by atoms with Crippen LogP contribution in [0.15, 0.2) is 0 Å². The van der Waals surface area contributed by atoms with E-state index in [-0.39, 0.29) is 12.1 Å². The van der Waals surface area contributed by atoms with E-state index < -0.39 is 0 Å². The highest BCUT2D eigenvalue weighted by Crippen LogP contribution is 1.93. The summed E-state index contributed by atoms with van der Waals surface area (Å²) in [6.07, 6.45) is 1.06. The van der Waals surface area contributed by atoms with Gasteiger partial charge in [-0.25, -0.2) is 4.79 Å². The molecule has 0 aromatic heterocycles. The summed E-state index contributed by atoms with van der Waals surface area (Å²) in [4.78, 5) is 11.1. The molecule has 3 N–H and O–H groups in total. The summed E-state index contributed by atoms with van der Waals surface area (Å²) in [5.41, 5.74) is 0. The molecule has 1 atom stereocenters. The van der Waals surface area contributed by atoms with Crippen molar-refractivity contribution < 1.29 is 9.53 Å². The van der Waals surface area contributed by atoms with Crippen LogP contribution in [0.25, 0.3) is 0 Å². The molecule has 0 bridgehead atoms. The zero-order chi connectivity index (χ0) is 10.2. The first-order valence-electron chi connectivity index (χ1n) is 5.17. The zero-order valence-electron chi connectivity index (χ0n) is 8.64. The van der Waals surface area contributed by atoms with Crippen LogP contribution in [-0.4, -0.2) is 44.9 Å². The van der Waals surface area contributed by atoms with E-state index in [9.17, 15) is 4.79 Å². The van der Waals surface area contributed by atoms with Crippen molar-refractivity contribution >= 4 is 6.03 Å². The molecule has 1 aliphatic heterocycles. The van der Waals surface area contributed by atoms with Gasteiger partial charge in [0.05, 0.1) is 12.7 Å². The number of ether oxygens (including phenoxy) is 1. The van der Waals surface area contributed by atoms with Gasteiger partial charge in [0, 0.05) is 26.2 Å². The SMILES string of the molecule is CCCNC(=O)NCC1CNCCO1. The number of morpholine rings is 1. The number of hydrogen-bond donors (Lipinski definition) is 3. The van der Waals surface area contributed by atoms with Crippen LogP contribution in [-0.2, 0) is 4.74 Å². The maximum atomic E-state index is 11.1. The fourth-order valence-corrected chi connectivity index (χ4v) is 1.26.